The van der Waals surface area contributed by atoms with Crippen LogP contribution in [0.15, 0.2) is 24.3 Å². The van der Waals surface area contributed by atoms with Crippen molar-refractivity contribution in [2.45, 2.75) is 6.92 Å². The lowest BCUT2D eigenvalue weighted by Crippen LogP contribution is -2.10. The topological polar surface area (TPSA) is 68.0 Å². The minimum Gasteiger partial charge on any atom is -0.476 e. The molecule has 6 heteroatoms. The maximum absolute atomic E-state index is 13.4. The van der Waals surface area contributed by atoms with Crippen molar-refractivity contribution in [1.82, 2.24) is 15.0 Å². The van der Waals surface area contributed by atoms with Gasteiger partial charge in [-0.25, -0.2) is 13.9 Å². The average molecular weight is 221 g/mol. The summed E-state index contributed by atoms with van der Waals surface area (Å²) in [6.45, 7) is 1.51. The van der Waals surface area contributed by atoms with E-state index in [1.54, 1.807) is 6.07 Å². The highest BCUT2D eigenvalue weighted by Crippen LogP contribution is 2.15. The van der Waals surface area contributed by atoms with E-state index < -0.39 is 11.8 Å². The van der Waals surface area contributed by atoms with Crippen molar-refractivity contribution in [1.29, 1.82) is 0 Å². The predicted molar refractivity (Wildman–Crippen MR) is 53.0 cm³/mol. The largest absolute Gasteiger partial charge is 0.476 e. The monoisotopic (exact) mass is 221 g/mol. The van der Waals surface area contributed by atoms with E-state index in [0.29, 0.717) is 0 Å². The van der Waals surface area contributed by atoms with E-state index in [0.717, 1.165) is 4.68 Å². The van der Waals surface area contributed by atoms with E-state index in [9.17, 15) is 9.18 Å². The summed E-state index contributed by atoms with van der Waals surface area (Å²) >= 11 is 0. The van der Waals surface area contributed by atoms with Crippen molar-refractivity contribution < 1.29 is 14.3 Å². The van der Waals surface area contributed by atoms with Gasteiger partial charge in [0.2, 0.25) is 0 Å². The van der Waals surface area contributed by atoms with Crippen molar-refractivity contribution in [3.05, 3.63) is 41.5 Å². The average Bonchev–Trinajstić information content (AvgIpc) is 2.61. The van der Waals surface area contributed by atoms with Gasteiger partial charge in [0, 0.05) is 0 Å². The van der Waals surface area contributed by atoms with Gasteiger partial charge < -0.3 is 5.11 Å². The molecule has 0 aliphatic carbocycles. The van der Waals surface area contributed by atoms with Crippen LogP contribution in [0.5, 0.6) is 0 Å². The number of para-hydroxylation sites is 1. The van der Waals surface area contributed by atoms with Crippen LogP contribution in [0.25, 0.3) is 5.69 Å². The predicted octanol–water partition coefficient (Wildman–Crippen LogP) is 1.41. The first-order chi connectivity index (χ1) is 7.61. The molecule has 5 nitrogen and oxygen atoms in total. The van der Waals surface area contributed by atoms with Gasteiger partial charge in [0.05, 0.1) is 5.69 Å². The summed E-state index contributed by atoms with van der Waals surface area (Å²) in [4.78, 5) is 11.0. The molecular formula is C10H8FN3O2. The molecule has 82 valence electrons. The van der Waals surface area contributed by atoms with Crippen LogP contribution in [0.4, 0.5) is 4.39 Å². The molecule has 0 bridgehead atoms. The molecular weight excluding hydrogens is 213 g/mol. The molecule has 2 rings (SSSR count). The molecule has 0 aliphatic rings. The molecule has 1 aromatic carbocycles. The molecule has 0 aliphatic heterocycles. The molecule has 0 radical (unpaired) electrons. The van der Waals surface area contributed by atoms with Crippen molar-refractivity contribution in [2.24, 2.45) is 0 Å². The maximum atomic E-state index is 13.4. The van der Waals surface area contributed by atoms with E-state index in [-0.39, 0.29) is 17.1 Å². The number of aromatic nitrogens is 3. The normalized spacial score (nSPS) is 10.4. The third kappa shape index (κ3) is 1.54. The van der Waals surface area contributed by atoms with Crippen LogP contribution in [0, 0.1) is 12.7 Å². The first kappa shape index (κ1) is 10.3. The second kappa shape index (κ2) is 3.73. The summed E-state index contributed by atoms with van der Waals surface area (Å²) in [5.74, 6) is -1.74. The van der Waals surface area contributed by atoms with Gasteiger partial charge in [0.25, 0.3) is 0 Å². The van der Waals surface area contributed by atoms with Gasteiger partial charge in [-0.15, -0.1) is 5.10 Å². The molecule has 0 saturated carbocycles. The minimum atomic E-state index is -1.19. The van der Waals surface area contributed by atoms with Crippen LogP contribution in [-0.2, 0) is 0 Å². The van der Waals surface area contributed by atoms with E-state index in [1.807, 2.05) is 0 Å². The Kier molecular flexibility index (Phi) is 2.40. The standard InChI is InChI=1S/C10H8FN3O2/c1-6-9(10(15)16)14(13-12-6)8-5-3-2-4-7(8)11/h2-5H,1H3,(H,15,16). The summed E-state index contributed by atoms with van der Waals surface area (Å²) in [5.41, 5.74) is 0.182. The summed E-state index contributed by atoms with van der Waals surface area (Å²) in [6.07, 6.45) is 0. The molecule has 2 aromatic rings. The van der Waals surface area contributed by atoms with E-state index in [4.69, 9.17) is 5.11 Å². The first-order valence-corrected chi connectivity index (χ1v) is 4.51. The van der Waals surface area contributed by atoms with Gasteiger partial charge in [0.1, 0.15) is 11.5 Å². The van der Waals surface area contributed by atoms with E-state index >= 15 is 0 Å². The maximum Gasteiger partial charge on any atom is 0.356 e. The number of hydrogen-bond donors (Lipinski definition) is 1. The number of carboxylic acids is 1. The zero-order valence-electron chi connectivity index (χ0n) is 8.38. The summed E-state index contributed by atoms with van der Waals surface area (Å²) in [7, 11) is 0. The van der Waals surface area contributed by atoms with Crippen LogP contribution in [0.2, 0.25) is 0 Å². The Balaban J connectivity index is 2.66. The van der Waals surface area contributed by atoms with Crippen molar-refractivity contribution in [2.75, 3.05) is 0 Å². The highest BCUT2D eigenvalue weighted by molar-refractivity contribution is 5.87. The molecule has 0 spiro atoms. The SMILES string of the molecule is Cc1nnn(-c2ccccc2F)c1C(=O)O. The van der Waals surface area contributed by atoms with Crippen molar-refractivity contribution >= 4 is 5.97 Å². The van der Waals surface area contributed by atoms with Crippen molar-refractivity contribution in [3.63, 3.8) is 0 Å². The number of aromatic carboxylic acids is 1. The van der Waals surface area contributed by atoms with Gasteiger partial charge in [0.15, 0.2) is 5.69 Å². The molecule has 0 fully saturated rings. The fourth-order valence-electron chi connectivity index (χ4n) is 1.39. The molecule has 0 saturated heterocycles. The third-order valence-corrected chi connectivity index (χ3v) is 2.12. The lowest BCUT2D eigenvalue weighted by molar-refractivity contribution is 0.0686. The zero-order chi connectivity index (χ0) is 11.7. The highest BCUT2D eigenvalue weighted by atomic mass is 19.1. The lowest BCUT2D eigenvalue weighted by Gasteiger charge is -2.03. The number of benzene rings is 1. The summed E-state index contributed by atoms with van der Waals surface area (Å²) < 4.78 is 14.4. The van der Waals surface area contributed by atoms with Crippen LogP contribution >= 0.6 is 0 Å². The van der Waals surface area contributed by atoms with Gasteiger partial charge in [-0.3, -0.25) is 0 Å². The molecule has 0 amide bonds. The number of halogens is 1. The molecule has 1 N–H and O–H groups in total. The Morgan fingerprint density at radius 2 is 2.12 bits per heavy atom. The summed E-state index contributed by atoms with van der Waals surface area (Å²) in [6, 6.07) is 5.79. The van der Waals surface area contributed by atoms with Crippen LogP contribution in [0.3, 0.4) is 0 Å². The number of rotatable bonds is 2. The van der Waals surface area contributed by atoms with Crippen molar-refractivity contribution in [3.8, 4) is 5.69 Å². The fourth-order valence-corrected chi connectivity index (χ4v) is 1.39. The van der Waals surface area contributed by atoms with Gasteiger partial charge in [-0.05, 0) is 19.1 Å². The van der Waals surface area contributed by atoms with Crippen LogP contribution < -0.4 is 0 Å². The molecule has 1 heterocycles. The minimum absolute atomic E-state index is 0.0699. The van der Waals surface area contributed by atoms with Gasteiger partial charge in [-0.1, -0.05) is 17.3 Å². The number of carboxylic acid groups (broad SMARTS) is 1. The third-order valence-electron chi connectivity index (χ3n) is 2.12. The first-order valence-electron chi connectivity index (χ1n) is 4.51. The van der Waals surface area contributed by atoms with Crippen LogP contribution in [-0.4, -0.2) is 26.1 Å². The van der Waals surface area contributed by atoms with E-state index in [2.05, 4.69) is 10.3 Å². The summed E-state index contributed by atoms with van der Waals surface area (Å²) in [5, 5.41) is 16.2. The van der Waals surface area contributed by atoms with Crippen LogP contribution in [0.1, 0.15) is 16.2 Å². The number of carbonyl (C=O) groups is 1. The number of aryl methyl sites for hydroxylation is 1. The molecule has 0 unspecified atom stereocenters. The van der Waals surface area contributed by atoms with E-state index in [1.165, 1.54) is 25.1 Å². The zero-order valence-corrected chi connectivity index (χ0v) is 8.38. The molecule has 0 atom stereocenters. The Bertz CT molecular complexity index is 551. The Hall–Kier alpha value is -2.24. The second-order valence-corrected chi connectivity index (χ2v) is 3.19. The van der Waals surface area contributed by atoms with Gasteiger partial charge in [-0.2, -0.15) is 0 Å². The smallest absolute Gasteiger partial charge is 0.356 e. The lowest BCUT2D eigenvalue weighted by atomic mass is 10.3. The Morgan fingerprint density at radius 1 is 1.44 bits per heavy atom. The Labute approximate surface area is 90.1 Å². The van der Waals surface area contributed by atoms with Gasteiger partial charge >= 0.3 is 5.97 Å². The number of nitrogens with zero attached hydrogens (tertiary/aromatic N) is 3. The fraction of sp³-hybridized carbons (Fsp3) is 0.100. The Morgan fingerprint density at radius 3 is 2.75 bits per heavy atom. The number of hydrogen-bond acceptors (Lipinski definition) is 3. The highest BCUT2D eigenvalue weighted by Gasteiger charge is 2.19. The molecule has 1 aromatic heterocycles. The quantitative estimate of drug-likeness (QED) is 0.832. The molecule has 16 heavy (non-hydrogen) atoms. The second-order valence-electron chi connectivity index (χ2n) is 3.19.